The van der Waals surface area contributed by atoms with E-state index in [1.807, 2.05) is 68.5 Å². The number of likely N-dealkylation sites (N-methyl/N-ethyl adjacent to an activating group) is 1. The first-order valence-electron chi connectivity index (χ1n) is 12.4. The van der Waals surface area contributed by atoms with Gasteiger partial charge < -0.3 is 30.2 Å². The number of hydrogen-bond donors (Lipinski definition) is 3. The average Bonchev–Trinajstić information content (AvgIpc) is 3.30. The van der Waals surface area contributed by atoms with E-state index in [9.17, 15) is 9.59 Å². The first kappa shape index (κ1) is 26.7. The molecule has 9 nitrogen and oxygen atoms in total. The molecule has 0 spiro atoms. The third-order valence-electron chi connectivity index (χ3n) is 6.18. The SMILES string of the molecule is COc1ccccc1-c1c[nH]c2ncc(-c3ccc(NC(=O)NC(C)CN(C)C)c(C(=O)N(C)C)c3)cc12. The number of benzene rings is 2. The Labute approximate surface area is 222 Å². The molecule has 3 N–H and O–H groups in total. The molecule has 0 aliphatic heterocycles. The lowest BCUT2D eigenvalue weighted by atomic mass is 9.99. The van der Waals surface area contributed by atoms with Crippen molar-refractivity contribution in [1.82, 2.24) is 25.1 Å². The van der Waals surface area contributed by atoms with E-state index >= 15 is 0 Å². The minimum Gasteiger partial charge on any atom is -0.496 e. The summed E-state index contributed by atoms with van der Waals surface area (Å²) >= 11 is 0. The van der Waals surface area contributed by atoms with Crippen LogP contribution in [0, 0.1) is 0 Å². The fraction of sp³-hybridized carbons (Fsp3) is 0.276. The van der Waals surface area contributed by atoms with Gasteiger partial charge in [-0.3, -0.25) is 4.79 Å². The number of amides is 3. The number of aromatic amines is 1. The van der Waals surface area contributed by atoms with Crippen molar-refractivity contribution in [2.45, 2.75) is 13.0 Å². The van der Waals surface area contributed by atoms with E-state index in [4.69, 9.17) is 4.74 Å². The number of H-pyrrole nitrogens is 1. The first-order valence-corrected chi connectivity index (χ1v) is 12.4. The summed E-state index contributed by atoms with van der Waals surface area (Å²) in [7, 11) is 8.92. The predicted octanol–water partition coefficient (Wildman–Crippen LogP) is 4.68. The minimum atomic E-state index is -0.364. The topological polar surface area (TPSA) is 103 Å². The quantitative estimate of drug-likeness (QED) is 0.317. The molecule has 2 aromatic carbocycles. The third kappa shape index (κ3) is 5.78. The number of pyridine rings is 1. The van der Waals surface area contributed by atoms with Crippen LogP contribution in [-0.2, 0) is 0 Å². The largest absolute Gasteiger partial charge is 0.496 e. The van der Waals surface area contributed by atoms with E-state index in [0.29, 0.717) is 17.8 Å². The first-order chi connectivity index (χ1) is 18.2. The van der Waals surface area contributed by atoms with Crippen molar-refractivity contribution in [2.24, 2.45) is 0 Å². The molecule has 0 bridgehead atoms. The van der Waals surface area contributed by atoms with Gasteiger partial charge in [0.15, 0.2) is 0 Å². The number of carbonyl (C=O) groups excluding carboxylic acids is 2. The van der Waals surface area contributed by atoms with Crippen LogP contribution in [0.4, 0.5) is 10.5 Å². The van der Waals surface area contributed by atoms with Crippen LogP contribution in [0.1, 0.15) is 17.3 Å². The molecule has 9 heteroatoms. The smallest absolute Gasteiger partial charge is 0.319 e. The number of nitrogens with zero attached hydrogens (tertiary/aromatic N) is 3. The molecule has 1 unspecified atom stereocenters. The fourth-order valence-electron chi connectivity index (χ4n) is 4.48. The highest BCUT2D eigenvalue weighted by molar-refractivity contribution is 6.05. The van der Waals surface area contributed by atoms with E-state index in [1.54, 1.807) is 39.5 Å². The zero-order chi connectivity index (χ0) is 27.4. The Hall–Kier alpha value is -4.37. The molecule has 0 saturated carbocycles. The van der Waals surface area contributed by atoms with Gasteiger partial charge in [-0.2, -0.15) is 0 Å². The molecule has 4 rings (SSSR count). The summed E-state index contributed by atoms with van der Waals surface area (Å²) in [5, 5.41) is 6.69. The molecule has 0 saturated heterocycles. The van der Waals surface area contributed by atoms with Gasteiger partial charge in [0.25, 0.3) is 5.91 Å². The summed E-state index contributed by atoms with van der Waals surface area (Å²) in [5.74, 6) is 0.556. The van der Waals surface area contributed by atoms with Crippen LogP contribution in [-0.4, -0.2) is 79.6 Å². The molecular weight excluding hydrogens is 480 g/mol. The van der Waals surface area contributed by atoms with Crippen molar-refractivity contribution in [2.75, 3.05) is 47.2 Å². The standard InChI is InChI=1S/C29H34N6O3/c1-18(17-34(2)3)32-29(37)33-25-12-11-19(13-23(25)28(36)35(4)5)20-14-22-24(16-31-27(22)30-15-20)21-9-7-8-10-26(21)38-6/h7-16,18H,17H2,1-6H3,(H,30,31)(H2,32,33,37). The number of methoxy groups -OCH3 is 1. The van der Waals surface area contributed by atoms with Gasteiger partial charge in [-0.25, -0.2) is 9.78 Å². The number of rotatable bonds is 8. The van der Waals surface area contributed by atoms with Crippen molar-refractivity contribution >= 4 is 28.7 Å². The minimum absolute atomic E-state index is 0.0612. The second-order valence-corrected chi connectivity index (χ2v) is 9.74. The van der Waals surface area contributed by atoms with Crippen molar-refractivity contribution in [3.05, 3.63) is 66.5 Å². The van der Waals surface area contributed by atoms with Crippen molar-refractivity contribution < 1.29 is 14.3 Å². The van der Waals surface area contributed by atoms with Crippen molar-refractivity contribution in [3.8, 4) is 28.0 Å². The summed E-state index contributed by atoms with van der Waals surface area (Å²) in [6.07, 6.45) is 3.69. The maximum Gasteiger partial charge on any atom is 0.319 e. The summed E-state index contributed by atoms with van der Waals surface area (Å²) in [4.78, 5) is 37.1. The Morgan fingerprint density at radius 2 is 1.79 bits per heavy atom. The zero-order valence-electron chi connectivity index (χ0n) is 22.6. The number of hydrogen-bond acceptors (Lipinski definition) is 5. The highest BCUT2D eigenvalue weighted by Crippen LogP contribution is 2.36. The van der Waals surface area contributed by atoms with E-state index in [-0.39, 0.29) is 18.0 Å². The van der Waals surface area contributed by atoms with Crippen LogP contribution in [0.5, 0.6) is 5.75 Å². The number of ether oxygens (including phenoxy) is 1. The van der Waals surface area contributed by atoms with Crippen LogP contribution in [0.3, 0.4) is 0 Å². The zero-order valence-corrected chi connectivity index (χ0v) is 22.6. The molecule has 0 aliphatic rings. The van der Waals surface area contributed by atoms with Crippen LogP contribution >= 0.6 is 0 Å². The van der Waals surface area contributed by atoms with Gasteiger partial charge in [-0.1, -0.05) is 24.3 Å². The number of carbonyl (C=O) groups is 2. The maximum atomic E-state index is 13.1. The number of aromatic nitrogens is 2. The second kappa shape index (κ2) is 11.4. The van der Waals surface area contributed by atoms with Gasteiger partial charge in [0.05, 0.1) is 18.4 Å². The molecule has 2 heterocycles. The maximum absolute atomic E-state index is 13.1. The molecule has 0 fully saturated rings. The number of anilines is 1. The molecular formula is C29H34N6O3. The Morgan fingerprint density at radius 3 is 2.50 bits per heavy atom. The summed E-state index contributed by atoms with van der Waals surface area (Å²) in [5.41, 5.74) is 5.16. The number of nitrogens with one attached hydrogen (secondary N) is 3. The van der Waals surface area contributed by atoms with Gasteiger partial charge in [0.2, 0.25) is 0 Å². The highest BCUT2D eigenvalue weighted by Gasteiger charge is 2.19. The van der Waals surface area contributed by atoms with Crippen LogP contribution in [0.2, 0.25) is 0 Å². The van der Waals surface area contributed by atoms with Gasteiger partial charge in [0, 0.05) is 61.2 Å². The highest BCUT2D eigenvalue weighted by atomic mass is 16.5. The van der Waals surface area contributed by atoms with Gasteiger partial charge in [0.1, 0.15) is 11.4 Å². The number of urea groups is 1. The van der Waals surface area contributed by atoms with Gasteiger partial charge >= 0.3 is 6.03 Å². The summed E-state index contributed by atoms with van der Waals surface area (Å²) < 4.78 is 5.57. The molecule has 2 aromatic heterocycles. The normalized spacial score (nSPS) is 11.9. The lowest BCUT2D eigenvalue weighted by molar-refractivity contribution is 0.0828. The Kier molecular flexibility index (Phi) is 7.97. The number of fused-ring (bicyclic) bond motifs is 1. The predicted molar refractivity (Wildman–Crippen MR) is 152 cm³/mol. The molecule has 3 amide bonds. The average molecular weight is 515 g/mol. The Morgan fingerprint density at radius 1 is 1.03 bits per heavy atom. The van der Waals surface area contributed by atoms with Crippen LogP contribution < -0.4 is 15.4 Å². The Balaban J connectivity index is 1.70. The molecule has 0 aliphatic carbocycles. The molecule has 198 valence electrons. The number of para-hydroxylation sites is 1. The van der Waals surface area contributed by atoms with E-state index in [1.165, 1.54) is 4.90 Å². The lowest BCUT2D eigenvalue weighted by Crippen LogP contribution is -2.42. The van der Waals surface area contributed by atoms with Crippen molar-refractivity contribution in [3.63, 3.8) is 0 Å². The fourth-order valence-corrected chi connectivity index (χ4v) is 4.48. The summed E-state index contributed by atoms with van der Waals surface area (Å²) in [6, 6.07) is 14.9. The summed E-state index contributed by atoms with van der Waals surface area (Å²) in [6.45, 7) is 2.62. The van der Waals surface area contributed by atoms with E-state index in [2.05, 4.69) is 20.6 Å². The second-order valence-electron chi connectivity index (χ2n) is 9.74. The molecule has 4 aromatic rings. The third-order valence-corrected chi connectivity index (χ3v) is 6.18. The lowest BCUT2D eigenvalue weighted by Gasteiger charge is -2.20. The van der Waals surface area contributed by atoms with Crippen molar-refractivity contribution in [1.29, 1.82) is 0 Å². The monoisotopic (exact) mass is 514 g/mol. The van der Waals surface area contributed by atoms with E-state index in [0.717, 1.165) is 39.0 Å². The van der Waals surface area contributed by atoms with Gasteiger partial charge in [-0.05, 0) is 50.8 Å². The van der Waals surface area contributed by atoms with Gasteiger partial charge in [-0.15, -0.1) is 0 Å². The Bertz CT molecular complexity index is 1460. The molecule has 0 radical (unpaired) electrons. The molecule has 1 atom stereocenters. The van der Waals surface area contributed by atoms with E-state index < -0.39 is 0 Å². The van der Waals surface area contributed by atoms with Crippen LogP contribution in [0.25, 0.3) is 33.3 Å². The molecule has 38 heavy (non-hydrogen) atoms. The van der Waals surface area contributed by atoms with Crippen LogP contribution in [0.15, 0.2) is 60.9 Å².